The zero-order chi connectivity index (χ0) is 38.2. The number of nitrogens with zero attached hydrogens (tertiary/aromatic N) is 2. The molecule has 2 aliphatic heterocycles. The van der Waals surface area contributed by atoms with E-state index in [1.165, 1.54) is 124 Å². The minimum atomic E-state index is 0.0919. The lowest BCUT2D eigenvalue weighted by Gasteiger charge is -2.45. The van der Waals surface area contributed by atoms with Crippen LogP contribution in [0.3, 0.4) is 0 Å². The van der Waals surface area contributed by atoms with Crippen LogP contribution in [0.1, 0.15) is 73.6 Å². The highest BCUT2D eigenvalue weighted by Crippen LogP contribution is 2.68. The summed E-state index contributed by atoms with van der Waals surface area (Å²) >= 11 is 0. The SMILES string of the molecule is c1ccc(N2c3cc4c(cc3B3c5ccc6c(c5N(c5ccccc5)c5cccc2c53)-c2ccccc2[C@]62C[C@H]3CC[C@@H]2C3)-c2ccccc2[C@@]42C[C@@H]3CC[C@H]2C3)cc1. The molecule has 3 heteroatoms. The number of hydrogen-bond acceptors (Lipinski definition) is 2. The molecule has 0 amide bonds. The molecule has 4 saturated carbocycles. The second kappa shape index (κ2) is 11.1. The lowest BCUT2D eigenvalue weighted by molar-refractivity contribution is 0.327. The van der Waals surface area contributed by atoms with Crippen molar-refractivity contribution >= 4 is 57.2 Å². The van der Waals surface area contributed by atoms with Crippen molar-refractivity contribution in [1.29, 1.82) is 0 Å². The molecule has 15 rings (SSSR count). The number of hydrogen-bond donors (Lipinski definition) is 0. The van der Waals surface area contributed by atoms with E-state index >= 15 is 0 Å². The summed E-state index contributed by atoms with van der Waals surface area (Å²) in [6.45, 7) is 0.0919. The molecule has 0 radical (unpaired) electrons. The molecule has 2 nitrogen and oxygen atoms in total. The first kappa shape index (κ1) is 32.1. The number of para-hydroxylation sites is 2. The Hall–Kier alpha value is -5.80. The van der Waals surface area contributed by atoms with Crippen LogP contribution >= 0.6 is 0 Å². The van der Waals surface area contributed by atoms with Crippen LogP contribution in [0, 0.1) is 23.7 Å². The van der Waals surface area contributed by atoms with Crippen LogP contribution in [0.5, 0.6) is 0 Å². The molecule has 2 heterocycles. The third-order valence-electron chi connectivity index (χ3n) is 17.4. The first-order chi connectivity index (χ1) is 29.2. The summed E-state index contributed by atoms with van der Waals surface area (Å²) in [5, 5.41) is 0. The van der Waals surface area contributed by atoms with Gasteiger partial charge in [-0.2, -0.15) is 0 Å². The van der Waals surface area contributed by atoms with Crippen molar-refractivity contribution in [2.75, 3.05) is 9.80 Å². The van der Waals surface area contributed by atoms with Crippen LogP contribution in [-0.4, -0.2) is 6.71 Å². The topological polar surface area (TPSA) is 6.48 Å². The van der Waals surface area contributed by atoms with E-state index in [0.29, 0.717) is 0 Å². The molecular formula is C56H45BN2. The Morgan fingerprint density at radius 3 is 1.69 bits per heavy atom. The van der Waals surface area contributed by atoms with Crippen molar-refractivity contribution in [3.05, 3.63) is 174 Å². The van der Waals surface area contributed by atoms with Gasteiger partial charge in [-0.3, -0.25) is 0 Å². The molecule has 4 fully saturated rings. The van der Waals surface area contributed by atoms with Crippen LogP contribution < -0.4 is 26.2 Å². The Morgan fingerprint density at radius 1 is 0.441 bits per heavy atom. The van der Waals surface area contributed by atoms with Crippen LogP contribution in [0.4, 0.5) is 34.1 Å². The zero-order valence-corrected chi connectivity index (χ0v) is 33.4. The number of anilines is 6. The first-order valence-corrected chi connectivity index (χ1v) is 22.6. The van der Waals surface area contributed by atoms with Crippen molar-refractivity contribution in [2.24, 2.45) is 23.7 Å². The summed E-state index contributed by atoms with van der Waals surface area (Å²) in [6.07, 6.45) is 10.8. The molecule has 8 aliphatic rings. The van der Waals surface area contributed by atoms with Gasteiger partial charge < -0.3 is 9.80 Å². The van der Waals surface area contributed by atoms with Crippen LogP contribution in [0.2, 0.25) is 0 Å². The average Bonchev–Trinajstić information content (AvgIpc) is 4.17. The monoisotopic (exact) mass is 756 g/mol. The molecule has 282 valence electrons. The van der Waals surface area contributed by atoms with Gasteiger partial charge in [0.05, 0.1) is 0 Å². The quantitative estimate of drug-likeness (QED) is 0.162. The maximum atomic E-state index is 2.71. The van der Waals surface area contributed by atoms with E-state index in [9.17, 15) is 0 Å². The van der Waals surface area contributed by atoms with E-state index < -0.39 is 0 Å². The summed E-state index contributed by atoms with van der Waals surface area (Å²) in [6, 6.07) is 59.5. The van der Waals surface area contributed by atoms with Gasteiger partial charge in [0.1, 0.15) is 0 Å². The maximum Gasteiger partial charge on any atom is 0.252 e. The molecule has 4 bridgehead atoms. The Labute approximate surface area is 347 Å². The normalized spacial score (nSPS) is 27.5. The molecule has 7 aromatic carbocycles. The van der Waals surface area contributed by atoms with E-state index in [0.717, 1.165) is 23.7 Å². The Morgan fingerprint density at radius 2 is 1.03 bits per heavy atom. The molecule has 7 aromatic rings. The van der Waals surface area contributed by atoms with E-state index in [1.807, 2.05) is 0 Å². The maximum absolute atomic E-state index is 2.71. The van der Waals surface area contributed by atoms with Gasteiger partial charge in [-0.25, -0.2) is 0 Å². The third-order valence-corrected chi connectivity index (χ3v) is 17.4. The van der Waals surface area contributed by atoms with Gasteiger partial charge in [0.2, 0.25) is 0 Å². The largest absolute Gasteiger partial charge is 0.311 e. The Balaban J connectivity index is 1.06. The molecular weight excluding hydrogens is 711 g/mol. The summed E-state index contributed by atoms with van der Waals surface area (Å²) in [5.74, 6) is 3.11. The van der Waals surface area contributed by atoms with Crippen LogP contribution in [-0.2, 0) is 10.8 Å². The van der Waals surface area contributed by atoms with Crippen molar-refractivity contribution < 1.29 is 0 Å². The predicted molar refractivity (Wildman–Crippen MR) is 244 cm³/mol. The van der Waals surface area contributed by atoms with Crippen molar-refractivity contribution in [3.63, 3.8) is 0 Å². The van der Waals surface area contributed by atoms with Gasteiger partial charge in [-0.05, 0) is 160 Å². The molecule has 0 saturated heterocycles. The van der Waals surface area contributed by atoms with Gasteiger partial charge in [0, 0.05) is 50.5 Å². The lowest BCUT2D eigenvalue weighted by atomic mass is 9.33. The second-order valence-corrected chi connectivity index (χ2v) is 19.6. The van der Waals surface area contributed by atoms with Crippen molar-refractivity contribution in [1.82, 2.24) is 0 Å². The number of rotatable bonds is 2. The molecule has 59 heavy (non-hydrogen) atoms. The van der Waals surface area contributed by atoms with Crippen LogP contribution in [0.15, 0.2) is 152 Å². The molecule has 0 N–H and O–H groups in total. The minimum Gasteiger partial charge on any atom is -0.311 e. The van der Waals surface area contributed by atoms with Crippen LogP contribution in [0.25, 0.3) is 22.3 Å². The highest BCUT2D eigenvalue weighted by molar-refractivity contribution is 7.00. The van der Waals surface area contributed by atoms with E-state index in [1.54, 1.807) is 22.3 Å². The molecule has 6 atom stereocenters. The highest BCUT2D eigenvalue weighted by Gasteiger charge is 2.60. The van der Waals surface area contributed by atoms with E-state index in [2.05, 4.69) is 161 Å². The smallest absolute Gasteiger partial charge is 0.252 e. The highest BCUT2D eigenvalue weighted by atomic mass is 15.2. The average molecular weight is 757 g/mol. The molecule has 2 spiro atoms. The van der Waals surface area contributed by atoms with Crippen molar-refractivity contribution in [2.45, 2.75) is 62.2 Å². The zero-order valence-electron chi connectivity index (χ0n) is 33.4. The van der Waals surface area contributed by atoms with Gasteiger partial charge in [-0.15, -0.1) is 0 Å². The molecule has 6 aliphatic carbocycles. The van der Waals surface area contributed by atoms with Gasteiger partial charge in [0.15, 0.2) is 0 Å². The minimum absolute atomic E-state index is 0.0919. The van der Waals surface area contributed by atoms with Gasteiger partial charge in [-0.1, -0.05) is 122 Å². The predicted octanol–water partition coefficient (Wildman–Crippen LogP) is 11.9. The summed E-state index contributed by atoms with van der Waals surface area (Å²) in [4.78, 5) is 5.31. The van der Waals surface area contributed by atoms with E-state index in [4.69, 9.17) is 0 Å². The summed E-state index contributed by atoms with van der Waals surface area (Å²) < 4.78 is 0. The fourth-order valence-electron chi connectivity index (χ4n) is 15.5. The Kier molecular flexibility index (Phi) is 6.02. The fraction of sp³-hybridized carbons (Fsp3) is 0.250. The first-order valence-electron chi connectivity index (χ1n) is 22.6. The number of fused-ring (bicyclic) bond motifs is 21. The molecule has 0 aromatic heterocycles. The fourth-order valence-corrected chi connectivity index (χ4v) is 15.5. The number of benzene rings is 7. The van der Waals surface area contributed by atoms with E-state index in [-0.39, 0.29) is 17.5 Å². The van der Waals surface area contributed by atoms with Gasteiger partial charge >= 0.3 is 0 Å². The third kappa shape index (κ3) is 3.75. The molecule has 0 unspecified atom stereocenters. The Bertz CT molecular complexity index is 2940. The summed E-state index contributed by atoms with van der Waals surface area (Å²) in [5.41, 5.74) is 24.7. The second-order valence-electron chi connectivity index (χ2n) is 19.6. The standard InChI is InChI=1S/C56H45BN2/c1-3-12-38(13-4-1)58-49-20-11-21-50-53(49)57(48-30-42-40-16-7-9-18-43(40)56(46(42)31-51(48)58)33-35-23-25-37(56)29-35)47-27-26-45-52(54(47)59(50)39-14-5-2-6-15-39)41-17-8-10-19-44(41)55(45)32-34-22-24-36(55)28-34/h1-21,26-27,30-31,34-37H,22-25,28-29,32-33H2/t34-,35+,36+,37-,55+,56-/m0/s1. The van der Waals surface area contributed by atoms with Gasteiger partial charge in [0.25, 0.3) is 6.71 Å². The lowest BCUT2D eigenvalue weighted by Crippen LogP contribution is -2.61. The summed E-state index contributed by atoms with van der Waals surface area (Å²) in [7, 11) is 0. The van der Waals surface area contributed by atoms with Crippen molar-refractivity contribution in [3.8, 4) is 22.3 Å².